The second-order valence-corrected chi connectivity index (χ2v) is 5.35. The SMILES string of the molecule is CCC(C)N(CC(=O)Nc1ccc(Cl)cc1C)C(C)=O. The van der Waals surface area contributed by atoms with Gasteiger partial charge in [-0.25, -0.2) is 0 Å². The molecule has 1 rings (SSSR count). The minimum atomic E-state index is -0.203. The van der Waals surface area contributed by atoms with E-state index < -0.39 is 0 Å². The Labute approximate surface area is 125 Å². The van der Waals surface area contributed by atoms with E-state index in [2.05, 4.69) is 5.32 Å². The van der Waals surface area contributed by atoms with Crippen LogP contribution in [0.2, 0.25) is 5.02 Å². The van der Waals surface area contributed by atoms with Gasteiger partial charge in [0.15, 0.2) is 0 Å². The average molecular weight is 297 g/mol. The fraction of sp³-hybridized carbons (Fsp3) is 0.467. The van der Waals surface area contributed by atoms with Crippen molar-refractivity contribution in [2.45, 2.75) is 40.2 Å². The first-order chi connectivity index (χ1) is 9.35. The molecule has 1 atom stereocenters. The molecule has 0 aliphatic rings. The summed E-state index contributed by atoms with van der Waals surface area (Å²) in [6.07, 6.45) is 0.812. The minimum Gasteiger partial charge on any atom is -0.331 e. The number of anilines is 1. The maximum Gasteiger partial charge on any atom is 0.244 e. The zero-order valence-corrected chi connectivity index (χ0v) is 13.1. The molecule has 4 nitrogen and oxygen atoms in total. The highest BCUT2D eigenvalue weighted by Crippen LogP contribution is 2.19. The van der Waals surface area contributed by atoms with Crippen LogP contribution in [0, 0.1) is 6.92 Å². The topological polar surface area (TPSA) is 49.4 Å². The molecule has 0 spiro atoms. The summed E-state index contributed by atoms with van der Waals surface area (Å²) >= 11 is 5.87. The van der Waals surface area contributed by atoms with E-state index >= 15 is 0 Å². The molecule has 110 valence electrons. The van der Waals surface area contributed by atoms with Crippen LogP contribution in [0.3, 0.4) is 0 Å². The number of rotatable bonds is 5. The lowest BCUT2D eigenvalue weighted by Crippen LogP contribution is -2.42. The van der Waals surface area contributed by atoms with Gasteiger partial charge in [-0.3, -0.25) is 9.59 Å². The predicted molar refractivity (Wildman–Crippen MR) is 82.0 cm³/mol. The van der Waals surface area contributed by atoms with Crippen LogP contribution in [-0.2, 0) is 9.59 Å². The summed E-state index contributed by atoms with van der Waals surface area (Å²) in [5.74, 6) is -0.298. The molecule has 0 fully saturated rings. The van der Waals surface area contributed by atoms with E-state index in [1.807, 2.05) is 20.8 Å². The molecule has 1 unspecified atom stereocenters. The van der Waals surface area contributed by atoms with Crippen molar-refractivity contribution >= 4 is 29.1 Å². The molecule has 5 heteroatoms. The largest absolute Gasteiger partial charge is 0.331 e. The van der Waals surface area contributed by atoms with Gasteiger partial charge >= 0.3 is 0 Å². The van der Waals surface area contributed by atoms with Crippen molar-refractivity contribution in [3.63, 3.8) is 0 Å². The number of carbonyl (C=O) groups is 2. The zero-order valence-electron chi connectivity index (χ0n) is 12.4. The van der Waals surface area contributed by atoms with Crippen molar-refractivity contribution in [2.24, 2.45) is 0 Å². The Morgan fingerprint density at radius 2 is 2.05 bits per heavy atom. The molecule has 2 amide bonds. The number of nitrogens with zero attached hydrogens (tertiary/aromatic N) is 1. The smallest absolute Gasteiger partial charge is 0.244 e. The maximum atomic E-state index is 12.0. The summed E-state index contributed by atoms with van der Waals surface area (Å²) in [5.41, 5.74) is 1.61. The van der Waals surface area contributed by atoms with E-state index in [-0.39, 0.29) is 24.4 Å². The van der Waals surface area contributed by atoms with E-state index in [0.717, 1.165) is 12.0 Å². The summed E-state index contributed by atoms with van der Waals surface area (Å²) in [7, 11) is 0. The Bertz CT molecular complexity index is 503. The highest BCUT2D eigenvalue weighted by Gasteiger charge is 2.18. The Balaban J connectivity index is 2.73. The van der Waals surface area contributed by atoms with Crippen molar-refractivity contribution in [2.75, 3.05) is 11.9 Å². The van der Waals surface area contributed by atoms with Crippen LogP contribution in [0.15, 0.2) is 18.2 Å². The van der Waals surface area contributed by atoms with Gasteiger partial charge in [0.1, 0.15) is 6.54 Å². The van der Waals surface area contributed by atoms with Crippen LogP contribution in [0.4, 0.5) is 5.69 Å². The molecule has 0 bridgehead atoms. The summed E-state index contributed by atoms with van der Waals surface area (Å²) in [4.78, 5) is 25.2. The van der Waals surface area contributed by atoms with Gasteiger partial charge in [0.2, 0.25) is 11.8 Å². The average Bonchev–Trinajstić information content (AvgIpc) is 2.38. The van der Waals surface area contributed by atoms with E-state index in [4.69, 9.17) is 11.6 Å². The third-order valence-electron chi connectivity index (χ3n) is 3.30. The fourth-order valence-corrected chi connectivity index (χ4v) is 2.14. The number of halogens is 1. The molecule has 0 aromatic heterocycles. The van der Waals surface area contributed by atoms with Crippen molar-refractivity contribution < 1.29 is 9.59 Å². The van der Waals surface area contributed by atoms with Gasteiger partial charge in [0.05, 0.1) is 0 Å². The van der Waals surface area contributed by atoms with Gasteiger partial charge in [0.25, 0.3) is 0 Å². The van der Waals surface area contributed by atoms with Crippen molar-refractivity contribution in [1.82, 2.24) is 4.90 Å². The quantitative estimate of drug-likeness (QED) is 0.907. The third-order valence-corrected chi connectivity index (χ3v) is 3.54. The van der Waals surface area contributed by atoms with Gasteiger partial charge in [-0.15, -0.1) is 0 Å². The van der Waals surface area contributed by atoms with Crippen molar-refractivity contribution in [1.29, 1.82) is 0 Å². The molecule has 1 N–H and O–H groups in total. The fourth-order valence-electron chi connectivity index (χ4n) is 1.91. The molecular formula is C15H21ClN2O2. The van der Waals surface area contributed by atoms with E-state index in [1.54, 1.807) is 23.1 Å². The molecule has 0 aliphatic carbocycles. The number of carbonyl (C=O) groups excluding carboxylic acids is 2. The number of nitrogens with one attached hydrogen (secondary N) is 1. The second-order valence-electron chi connectivity index (χ2n) is 4.91. The number of hydrogen-bond donors (Lipinski definition) is 1. The number of aryl methyl sites for hydroxylation is 1. The first-order valence-corrected chi connectivity index (χ1v) is 7.06. The summed E-state index contributed by atoms with van der Waals surface area (Å²) in [5, 5.41) is 3.44. The molecule has 0 saturated heterocycles. The minimum absolute atomic E-state index is 0.0459. The van der Waals surface area contributed by atoms with Crippen LogP contribution in [-0.4, -0.2) is 29.3 Å². The van der Waals surface area contributed by atoms with Gasteiger partial charge in [0, 0.05) is 23.7 Å². The Hall–Kier alpha value is -1.55. The Morgan fingerprint density at radius 1 is 1.40 bits per heavy atom. The number of hydrogen-bond acceptors (Lipinski definition) is 2. The van der Waals surface area contributed by atoms with Crippen LogP contribution in [0.1, 0.15) is 32.8 Å². The lowest BCUT2D eigenvalue weighted by Gasteiger charge is -2.26. The first-order valence-electron chi connectivity index (χ1n) is 6.68. The van der Waals surface area contributed by atoms with Crippen molar-refractivity contribution in [3.05, 3.63) is 28.8 Å². The number of amides is 2. The van der Waals surface area contributed by atoms with Gasteiger partial charge in [-0.1, -0.05) is 18.5 Å². The zero-order chi connectivity index (χ0) is 15.3. The van der Waals surface area contributed by atoms with Crippen LogP contribution in [0.5, 0.6) is 0 Å². The van der Waals surface area contributed by atoms with E-state index in [1.165, 1.54) is 6.92 Å². The van der Waals surface area contributed by atoms with Crippen molar-refractivity contribution in [3.8, 4) is 0 Å². The lowest BCUT2D eigenvalue weighted by atomic mass is 10.2. The Morgan fingerprint density at radius 3 is 2.55 bits per heavy atom. The molecule has 1 aromatic rings. The summed E-state index contributed by atoms with van der Waals surface area (Å²) in [6.45, 7) is 7.34. The third kappa shape index (κ3) is 4.53. The predicted octanol–water partition coefficient (Wildman–Crippen LogP) is 3.23. The monoisotopic (exact) mass is 296 g/mol. The van der Waals surface area contributed by atoms with Crippen LogP contribution in [0.25, 0.3) is 0 Å². The second kappa shape index (κ2) is 7.29. The molecule has 0 heterocycles. The molecular weight excluding hydrogens is 276 g/mol. The standard InChI is InChI=1S/C15H21ClN2O2/c1-5-11(3)18(12(4)19)9-15(20)17-14-7-6-13(16)8-10(14)2/h6-8,11H,5,9H2,1-4H3,(H,17,20). The van der Waals surface area contributed by atoms with Crippen LogP contribution >= 0.6 is 11.6 Å². The van der Waals surface area contributed by atoms with Gasteiger partial charge < -0.3 is 10.2 Å². The molecule has 0 radical (unpaired) electrons. The van der Waals surface area contributed by atoms with Gasteiger partial charge in [-0.2, -0.15) is 0 Å². The first kappa shape index (κ1) is 16.5. The lowest BCUT2D eigenvalue weighted by molar-refractivity contribution is -0.134. The molecule has 1 aromatic carbocycles. The molecule has 20 heavy (non-hydrogen) atoms. The van der Waals surface area contributed by atoms with E-state index in [9.17, 15) is 9.59 Å². The molecule has 0 aliphatic heterocycles. The van der Waals surface area contributed by atoms with Gasteiger partial charge in [-0.05, 0) is 44.0 Å². The normalized spacial score (nSPS) is 11.8. The highest BCUT2D eigenvalue weighted by molar-refractivity contribution is 6.30. The summed E-state index contributed by atoms with van der Waals surface area (Å²) in [6, 6.07) is 5.32. The Kier molecular flexibility index (Phi) is 6.02. The number of benzene rings is 1. The summed E-state index contributed by atoms with van der Waals surface area (Å²) < 4.78 is 0. The highest BCUT2D eigenvalue weighted by atomic mass is 35.5. The maximum absolute atomic E-state index is 12.0. The molecule has 0 saturated carbocycles. The van der Waals surface area contributed by atoms with Crippen LogP contribution < -0.4 is 5.32 Å². The van der Waals surface area contributed by atoms with E-state index in [0.29, 0.717) is 10.7 Å².